The van der Waals surface area contributed by atoms with Gasteiger partial charge >= 0.3 is 5.63 Å². The number of nitrogens with zero attached hydrogens (tertiary/aromatic N) is 1. The second-order valence-corrected chi connectivity index (χ2v) is 3.49. The third-order valence-electron chi connectivity index (χ3n) is 2.09. The Kier molecular flexibility index (Phi) is 4.03. The van der Waals surface area contributed by atoms with Crippen LogP contribution < -0.4 is 11.1 Å². The van der Waals surface area contributed by atoms with Gasteiger partial charge in [0.2, 0.25) is 5.91 Å². The molecule has 0 aliphatic rings. The third kappa shape index (κ3) is 3.17. The number of aromatic hydroxyl groups is 1. The van der Waals surface area contributed by atoms with Gasteiger partial charge in [-0.25, -0.2) is 10.2 Å². The number of amides is 1. The number of carbonyl (C=O) groups excluding carboxylic acids is 1. The molecule has 17 heavy (non-hydrogen) atoms. The number of hydrogen-bond donors (Lipinski definition) is 2. The SMILES string of the molecule is CCC(=O)N/N=C(\C)c1c(O)cc(C)oc1=O. The van der Waals surface area contributed by atoms with Crippen LogP contribution in [-0.2, 0) is 4.79 Å². The van der Waals surface area contributed by atoms with Gasteiger partial charge in [0.05, 0.1) is 5.71 Å². The maximum absolute atomic E-state index is 11.5. The van der Waals surface area contributed by atoms with Gasteiger partial charge in [0.15, 0.2) is 0 Å². The van der Waals surface area contributed by atoms with Crippen molar-refractivity contribution in [1.82, 2.24) is 5.43 Å². The highest BCUT2D eigenvalue weighted by molar-refractivity contribution is 6.01. The molecule has 0 saturated carbocycles. The summed E-state index contributed by atoms with van der Waals surface area (Å²) in [5, 5.41) is 13.3. The lowest BCUT2D eigenvalue weighted by atomic mass is 10.2. The van der Waals surface area contributed by atoms with Crippen LogP contribution in [0.25, 0.3) is 0 Å². The van der Waals surface area contributed by atoms with Gasteiger partial charge in [0, 0.05) is 12.5 Å². The van der Waals surface area contributed by atoms with E-state index in [4.69, 9.17) is 4.42 Å². The normalized spacial score (nSPS) is 11.4. The van der Waals surface area contributed by atoms with Gasteiger partial charge in [-0.3, -0.25) is 4.79 Å². The summed E-state index contributed by atoms with van der Waals surface area (Å²) < 4.78 is 4.83. The minimum Gasteiger partial charge on any atom is -0.507 e. The quantitative estimate of drug-likeness (QED) is 0.604. The number of hydrazone groups is 1. The second-order valence-electron chi connectivity index (χ2n) is 3.49. The molecule has 0 aliphatic carbocycles. The van der Waals surface area contributed by atoms with Gasteiger partial charge in [-0.1, -0.05) is 6.92 Å². The number of nitrogens with one attached hydrogen (secondary N) is 1. The van der Waals surface area contributed by atoms with Crippen molar-refractivity contribution in [3.8, 4) is 5.75 Å². The van der Waals surface area contributed by atoms with Gasteiger partial charge in [-0.15, -0.1) is 0 Å². The van der Waals surface area contributed by atoms with E-state index in [0.29, 0.717) is 5.76 Å². The van der Waals surface area contributed by atoms with Gasteiger partial charge in [-0.05, 0) is 13.8 Å². The summed E-state index contributed by atoms with van der Waals surface area (Å²) in [6, 6.07) is 1.32. The standard InChI is InChI=1S/C11H14N2O4/c1-4-9(15)13-12-7(3)10-8(14)5-6(2)17-11(10)16/h5,14H,4H2,1-3H3,(H,13,15)/b12-7+. The van der Waals surface area contributed by atoms with Crippen molar-refractivity contribution in [3.63, 3.8) is 0 Å². The molecule has 0 bridgehead atoms. The van der Waals surface area contributed by atoms with E-state index in [1.165, 1.54) is 13.0 Å². The van der Waals surface area contributed by atoms with E-state index >= 15 is 0 Å². The van der Waals surface area contributed by atoms with E-state index in [1.54, 1.807) is 13.8 Å². The van der Waals surface area contributed by atoms with Crippen LogP contribution in [0.4, 0.5) is 0 Å². The summed E-state index contributed by atoms with van der Waals surface area (Å²) in [6.45, 7) is 4.73. The Morgan fingerprint density at radius 3 is 2.76 bits per heavy atom. The highest BCUT2D eigenvalue weighted by atomic mass is 16.4. The Morgan fingerprint density at radius 1 is 1.59 bits per heavy atom. The highest BCUT2D eigenvalue weighted by Gasteiger charge is 2.13. The Labute approximate surface area is 98.0 Å². The van der Waals surface area contributed by atoms with Crippen LogP contribution in [0, 0.1) is 6.92 Å². The first-order valence-electron chi connectivity index (χ1n) is 5.13. The van der Waals surface area contributed by atoms with Crippen molar-refractivity contribution >= 4 is 11.6 Å². The molecule has 0 saturated heterocycles. The fraction of sp³-hybridized carbons (Fsp3) is 0.364. The molecule has 1 heterocycles. The number of rotatable bonds is 3. The number of hydrogen-bond acceptors (Lipinski definition) is 5. The molecule has 1 amide bonds. The summed E-state index contributed by atoms with van der Waals surface area (Å²) in [7, 11) is 0. The Hall–Kier alpha value is -2.11. The first kappa shape index (κ1) is 13.0. The molecule has 1 aromatic heterocycles. The topological polar surface area (TPSA) is 91.9 Å². The molecule has 0 unspecified atom stereocenters. The van der Waals surface area contributed by atoms with Crippen molar-refractivity contribution in [2.45, 2.75) is 27.2 Å². The molecule has 6 nitrogen and oxygen atoms in total. The zero-order valence-corrected chi connectivity index (χ0v) is 9.90. The minimum atomic E-state index is -0.686. The molecule has 0 atom stereocenters. The molecule has 1 aromatic rings. The van der Waals surface area contributed by atoms with E-state index in [9.17, 15) is 14.7 Å². The maximum Gasteiger partial charge on any atom is 0.348 e. The molecule has 1 rings (SSSR count). The molecule has 0 spiro atoms. The Balaban J connectivity index is 3.08. The van der Waals surface area contributed by atoms with Crippen molar-refractivity contribution in [2.75, 3.05) is 0 Å². The first-order valence-corrected chi connectivity index (χ1v) is 5.13. The fourth-order valence-electron chi connectivity index (χ4n) is 1.21. The Morgan fingerprint density at radius 2 is 2.24 bits per heavy atom. The van der Waals surface area contributed by atoms with Crippen LogP contribution in [-0.4, -0.2) is 16.7 Å². The van der Waals surface area contributed by atoms with Crippen molar-refractivity contribution in [1.29, 1.82) is 0 Å². The van der Waals surface area contributed by atoms with Crippen molar-refractivity contribution < 1.29 is 14.3 Å². The van der Waals surface area contributed by atoms with Crippen molar-refractivity contribution in [2.24, 2.45) is 5.10 Å². The van der Waals surface area contributed by atoms with E-state index in [2.05, 4.69) is 10.5 Å². The Bertz CT molecular complexity index is 517. The smallest absolute Gasteiger partial charge is 0.348 e. The lowest BCUT2D eigenvalue weighted by Gasteiger charge is -2.03. The third-order valence-corrected chi connectivity index (χ3v) is 2.09. The second kappa shape index (κ2) is 5.29. The molecule has 0 fully saturated rings. The molecule has 92 valence electrons. The lowest BCUT2D eigenvalue weighted by molar-refractivity contribution is -0.120. The lowest BCUT2D eigenvalue weighted by Crippen LogP contribution is -2.20. The highest BCUT2D eigenvalue weighted by Crippen LogP contribution is 2.14. The van der Waals surface area contributed by atoms with E-state index in [0.717, 1.165) is 0 Å². The van der Waals surface area contributed by atoms with E-state index < -0.39 is 5.63 Å². The summed E-state index contributed by atoms with van der Waals surface area (Å²) in [5.41, 5.74) is 1.71. The van der Waals surface area contributed by atoms with E-state index in [-0.39, 0.29) is 29.4 Å². The molecule has 0 aliphatic heterocycles. The molecule has 2 N–H and O–H groups in total. The van der Waals surface area contributed by atoms with Gasteiger partial charge < -0.3 is 9.52 Å². The largest absolute Gasteiger partial charge is 0.507 e. The predicted octanol–water partition coefficient (Wildman–Crippen LogP) is 0.904. The van der Waals surface area contributed by atoms with Gasteiger partial charge in [0.1, 0.15) is 17.1 Å². The van der Waals surface area contributed by atoms with Crippen molar-refractivity contribution in [3.05, 3.63) is 27.8 Å². The molecule has 6 heteroatoms. The van der Waals surface area contributed by atoms with Crippen LogP contribution in [0.1, 0.15) is 31.6 Å². The van der Waals surface area contributed by atoms with Crippen LogP contribution in [0.15, 0.2) is 20.4 Å². The molecular formula is C11H14N2O4. The van der Waals surface area contributed by atoms with Crippen LogP contribution in [0.2, 0.25) is 0 Å². The summed E-state index contributed by atoms with van der Waals surface area (Å²) in [6.07, 6.45) is 0.283. The molecule has 0 radical (unpaired) electrons. The monoisotopic (exact) mass is 238 g/mol. The van der Waals surface area contributed by atoms with Crippen LogP contribution in [0.5, 0.6) is 5.75 Å². The average Bonchev–Trinajstić information content (AvgIpc) is 2.24. The number of aryl methyl sites for hydroxylation is 1. The summed E-state index contributed by atoms with van der Waals surface area (Å²) in [4.78, 5) is 22.5. The zero-order chi connectivity index (χ0) is 13.0. The predicted molar refractivity (Wildman–Crippen MR) is 62.0 cm³/mol. The average molecular weight is 238 g/mol. The summed E-state index contributed by atoms with van der Waals surface area (Å²) in [5.74, 6) is -0.187. The molecular weight excluding hydrogens is 224 g/mol. The van der Waals surface area contributed by atoms with E-state index in [1.807, 2.05) is 0 Å². The fourth-order valence-corrected chi connectivity index (χ4v) is 1.21. The van der Waals surface area contributed by atoms with Crippen LogP contribution >= 0.6 is 0 Å². The zero-order valence-electron chi connectivity index (χ0n) is 9.90. The van der Waals surface area contributed by atoms with Crippen LogP contribution in [0.3, 0.4) is 0 Å². The first-order chi connectivity index (χ1) is 7.95. The molecule has 0 aromatic carbocycles. The van der Waals surface area contributed by atoms with Gasteiger partial charge in [-0.2, -0.15) is 5.10 Å². The van der Waals surface area contributed by atoms with Gasteiger partial charge in [0.25, 0.3) is 0 Å². The number of carbonyl (C=O) groups is 1. The maximum atomic E-state index is 11.5. The minimum absolute atomic E-state index is 0.0491. The summed E-state index contributed by atoms with van der Waals surface area (Å²) >= 11 is 0.